The minimum absolute atomic E-state index is 0.220. The minimum Gasteiger partial charge on any atom is -0.495 e. The molecule has 7 heteroatoms. The first-order valence-electron chi connectivity index (χ1n) is 7.33. The van der Waals surface area contributed by atoms with Gasteiger partial charge in [-0.05, 0) is 36.4 Å². The Bertz CT molecular complexity index is 769. The lowest BCUT2D eigenvalue weighted by Crippen LogP contribution is -2.21. The number of rotatable bonds is 6. The Morgan fingerprint density at radius 2 is 1.48 bits per heavy atom. The van der Waals surface area contributed by atoms with Crippen molar-refractivity contribution in [1.82, 2.24) is 0 Å². The van der Waals surface area contributed by atoms with Crippen molar-refractivity contribution >= 4 is 23.5 Å². The standard InChI is InChI=1S/C18H17NO6/c1-23-15-6-4-3-5-14(15)19-16(20)11-25-18(22)13-9-7-12(8-10-13)17(21)24-2/h3-10H,11H2,1-2H3,(H,19,20). The van der Waals surface area contributed by atoms with Crippen LogP contribution in [0.25, 0.3) is 0 Å². The van der Waals surface area contributed by atoms with E-state index in [0.29, 0.717) is 17.0 Å². The molecule has 0 aromatic heterocycles. The lowest BCUT2D eigenvalue weighted by molar-refractivity contribution is -0.119. The Labute approximate surface area is 144 Å². The van der Waals surface area contributed by atoms with E-state index >= 15 is 0 Å². The SMILES string of the molecule is COC(=O)c1ccc(C(=O)OCC(=O)Nc2ccccc2OC)cc1. The van der Waals surface area contributed by atoms with E-state index in [1.165, 1.54) is 38.5 Å². The predicted octanol–water partition coefficient (Wildman–Crippen LogP) is 2.28. The number of anilines is 1. The highest BCUT2D eigenvalue weighted by Gasteiger charge is 2.13. The number of hydrogen-bond acceptors (Lipinski definition) is 6. The number of ether oxygens (including phenoxy) is 3. The van der Waals surface area contributed by atoms with Gasteiger partial charge in [-0.2, -0.15) is 0 Å². The van der Waals surface area contributed by atoms with E-state index < -0.39 is 24.5 Å². The monoisotopic (exact) mass is 343 g/mol. The van der Waals surface area contributed by atoms with E-state index in [-0.39, 0.29) is 5.56 Å². The van der Waals surface area contributed by atoms with Crippen molar-refractivity contribution in [1.29, 1.82) is 0 Å². The fourth-order valence-electron chi connectivity index (χ4n) is 2.01. The zero-order valence-corrected chi connectivity index (χ0v) is 13.8. The molecule has 0 aliphatic heterocycles. The third-order valence-electron chi connectivity index (χ3n) is 3.26. The smallest absolute Gasteiger partial charge is 0.338 e. The molecule has 0 radical (unpaired) electrons. The number of esters is 2. The molecule has 2 rings (SSSR count). The van der Waals surface area contributed by atoms with Gasteiger partial charge < -0.3 is 19.5 Å². The molecule has 0 aliphatic carbocycles. The highest BCUT2D eigenvalue weighted by molar-refractivity contribution is 5.97. The van der Waals surface area contributed by atoms with Crippen molar-refractivity contribution in [3.05, 3.63) is 59.7 Å². The van der Waals surface area contributed by atoms with Crippen LogP contribution in [0.1, 0.15) is 20.7 Å². The summed E-state index contributed by atoms with van der Waals surface area (Å²) in [6.45, 7) is -0.449. The quantitative estimate of drug-likeness (QED) is 0.809. The van der Waals surface area contributed by atoms with Crippen molar-refractivity contribution in [2.45, 2.75) is 0 Å². The second-order valence-electron chi connectivity index (χ2n) is 4.89. The molecule has 0 fully saturated rings. The van der Waals surface area contributed by atoms with Gasteiger partial charge in [-0.15, -0.1) is 0 Å². The highest BCUT2D eigenvalue weighted by atomic mass is 16.5. The summed E-state index contributed by atoms with van der Waals surface area (Å²) in [6, 6.07) is 12.6. The molecule has 7 nitrogen and oxygen atoms in total. The molecule has 0 saturated heterocycles. The van der Waals surface area contributed by atoms with Crippen LogP contribution >= 0.6 is 0 Å². The summed E-state index contributed by atoms with van der Waals surface area (Å²) in [5.74, 6) is -1.17. The molecule has 1 N–H and O–H groups in total. The summed E-state index contributed by atoms with van der Waals surface area (Å²) in [5, 5.41) is 2.60. The highest BCUT2D eigenvalue weighted by Crippen LogP contribution is 2.22. The molecule has 0 aliphatic rings. The maximum Gasteiger partial charge on any atom is 0.338 e. The zero-order chi connectivity index (χ0) is 18.2. The summed E-state index contributed by atoms with van der Waals surface area (Å²) in [5.41, 5.74) is 1.01. The van der Waals surface area contributed by atoms with Gasteiger partial charge in [-0.25, -0.2) is 9.59 Å². The maximum absolute atomic E-state index is 11.9. The van der Waals surface area contributed by atoms with Crippen LogP contribution in [0.5, 0.6) is 5.75 Å². The molecule has 0 saturated carbocycles. The van der Waals surface area contributed by atoms with Crippen molar-refractivity contribution in [3.8, 4) is 5.75 Å². The zero-order valence-electron chi connectivity index (χ0n) is 13.8. The summed E-state index contributed by atoms with van der Waals surface area (Å²) >= 11 is 0. The first kappa shape index (κ1) is 18.0. The molecular weight excluding hydrogens is 326 g/mol. The first-order valence-corrected chi connectivity index (χ1v) is 7.33. The van der Waals surface area contributed by atoms with Gasteiger partial charge in [-0.3, -0.25) is 4.79 Å². The van der Waals surface area contributed by atoms with E-state index in [9.17, 15) is 14.4 Å². The van der Waals surface area contributed by atoms with Gasteiger partial charge in [0, 0.05) is 0 Å². The second-order valence-corrected chi connectivity index (χ2v) is 4.89. The number of nitrogens with one attached hydrogen (secondary N) is 1. The molecule has 0 unspecified atom stereocenters. The third-order valence-corrected chi connectivity index (χ3v) is 3.26. The van der Waals surface area contributed by atoms with Crippen molar-refractivity contribution in [3.63, 3.8) is 0 Å². The molecular formula is C18H17NO6. The molecule has 0 atom stereocenters. The van der Waals surface area contributed by atoms with E-state index in [1.54, 1.807) is 24.3 Å². The van der Waals surface area contributed by atoms with Gasteiger partial charge in [0.1, 0.15) is 5.75 Å². The fraction of sp³-hybridized carbons (Fsp3) is 0.167. The van der Waals surface area contributed by atoms with E-state index in [2.05, 4.69) is 10.1 Å². The summed E-state index contributed by atoms with van der Waals surface area (Å²) in [7, 11) is 2.76. The predicted molar refractivity (Wildman–Crippen MR) is 89.7 cm³/mol. The molecule has 0 spiro atoms. The average Bonchev–Trinajstić information content (AvgIpc) is 2.66. The summed E-state index contributed by atoms with van der Waals surface area (Å²) < 4.78 is 14.6. The number of hydrogen-bond donors (Lipinski definition) is 1. The van der Waals surface area contributed by atoms with Crippen molar-refractivity contribution in [2.24, 2.45) is 0 Å². The maximum atomic E-state index is 11.9. The molecule has 0 heterocycles. The third kappa shape index (κ3) is 4.81. The van der Waals surface area contributed by atoms with Crippen LogP contribution in [0.15, 0.2) is 48.5 Å². The van der Waals surface area contributed by atoms with Crippen LogP contribution in [-0.4, -0.2) is 38.7 Å². The van der Waals surface area contributed by atoms with Crippen LogP contribution in [-0.2, 0) is 14.3 Å². The van der Waals surface area contributed by atoms with Crippen molar-refractivity contribution < 1.29 is 28.6 Å². The molecule has 25 heavy (non-hydrogen) atoms. The number of amides is 1. The van der Waals surface area contributed by atoms with E-state index in [4.69, 9.17) is 9.47 Å². The number of carbonyl (C=O) groups is 3. The first-order chi connectivity index (χ1) is 12.0. The Morgan fingerprint density at radius 3 is 2.08 bits per heavy atom. The van der Waals surface area contributed by atoms with Crippen molar-refractivity contribution in [2.75, 3.05) is 26.1 Å². The number of carbonyl (C=O) groups excluding carboxylic acids is 3. The summed E-state index contributed by atoms with van der Waals surface area (Å²) in [4.78, 5) is 35.2. The average molecular weight is 343 g/mol. The van der Waals surface area contributed by atoms with Gasteiger partial charge in [0.15, 0.2) is 6.61 Å². The topological polar surface area (TPSA) is 90.9 Å². The van der Waals surface area contributed by atoms with E-state index in [0.717, 1.165) is 0 Å². The van der Waals surface area contributed by atoms with Gasteiger partial charge in [0.05, 0.1) is 31.0 Å². The Kier molecular flexibility index (Phi) is 6.11. The van der Waals surface area contributed by atoms with Crippen LogP contribution in [0.3, 0.4) is 0 Å². The Balaban J connectivity index is 1.91. The molecule has 0 bridgehead atoms. The molecule has 2 aromatic rings. The largest absolute Gasteiger partial charge is 0.495 e. The minimum atomic E-state index is -0.674. The van der Waals surface area contributed by atoms with Gasteiger partial charge in [-0.1, -0.05) is 12.1 Å². The molecule has 2 aromatic carbocycles. The van der Waals surface area contributed by atoms with Crippen LogP contribution in [0.2, 0.25) is 0 Å². The lowest BCUT2D eigenvalue weighted by Gasteiger charge is -2.10. The number of para-hydroxylation sites is 2. The van der Waals surface area contributed by atoms with E-state index in [1.807, 2.05) is 0 Å². The Morgan fingerprint density at radius 1 is 0.880 bits per heavy atom. The van der Waals surface area contributed by atoms with Crippen LogP contribution in [0, 0.1) is 0 Å². The van der Waals surface area contributed by atoms with Crippen LogP contribution in [0.4, 0.5) is 5.69 Å². The molecule has 1 amide bonds. The van der Waals surface area contributed by atoms with Gasteiger partial charge in [0.2, 0.25) is 0 Å². The van der Waals surface area contributed by atoms with Gasteiger partial charge in [0.25, 0.3) is 5.91 Å². The lowest BCUT2D eigenvalue weighted by atomic mass is 10.1. The number of benzene rings is 2. The summed E-state index contributed by atoms with van der Waals surface area (Å²) in [6.07, 6.45) is 0. The van der Waals surface area contributed by atoms with Crippen LogP contribution < -0.4 is 10.1 Å². The Hall–Kier alpha value is -3.35. The molecule has 130 valence electrons. The second kappa shape index (κ2) is 8.49. The fourth-order valence-corrected chi connectivity index (χ4v) is 2.01. The van der Waals surface area contributed by atoms with Gasteiger partial charge >= 0.3 is 11.9 Å². The number of methoxy groups -OCH3 is 2. The normalized spacial score (nSPS) is 9.84.